The topological polar surface area (TPSA) is 67.9 Å². The minimum absolute atomic E-state index is 0.0118. The minimum Gasteiger partial charge on any atom is -0.368 e. The van der Waals surface area contributed by atoms with Gasteiger partial charge in [0.15, 0.2) is 5.11 Å². The van der Waals surface area contributed by atoms with Gasteiger partial charge in [-0.15, -0.1) is 0 Å². The molecule has 2 heterocycles. The summed E-state index contributed by atoms with van der Waals surface area (Å²) in [6, 6.07) is 19.2. The van der Waals surface area contributed by atoms with Gasteiger partial charge < -0.3 is 25.3 Å². The average molecular weight is 438 g/mol. The summed E-state index contributed by atoms with van der Waals surface area (Å²) in [5.41, 5.74) is 2.03. The lowest BCUT2D eigenvalue weighted by Gasteiger charge is -2.39. The molecule has 2 saturated heterocycles. The third kappa shape index (κ3) is 5.14. The van der Waals surface area contributed by atoms with Gasteiger partial charge in [0, 0.05) is 50.6 Å². The predicted octanol–water partition coefficient (Wildman–Crippen LogP) is 1.92. The van der Waals surface area contributed by atoms with Crippen molar-refractivity contribution in [3.05, 3.63) is 60.7 Å². The molecule has 2 aromatic carbocycles. The molecule has 2 fully saturated rings. The fraction of sp³-hybridized carbons (Fsp3) is 0.348. The van der Waals surface area contributed by atoms with E-state index >= 15 is 0 Å². The zero-order valence-corrected chi connectivity index (χ0v) is 18.2. The maximum Gasteiger partial charge on any atom is 0.243 e. The Balaban J connectivity index is 1.36. The number of hydrogen-bond donors (Lipinski definition) is 2. The molecular weight excluding hydrogens is 410 g/mol. The van der Waals surface area contributed by atoms with Crippen molar-refractivity contribution in [3.8, 4) is 0 Å². The van der Waals surface area contributed by atoms with Gasteiger partial charge in [-0.1, -0.05) is 36.4 Å². The van der Waals surface area contributed by atoms with E-state index in [-0.39, 0.29) is 18.2 Å². The lowest BCUT2D eigenvalue weighted by Crippen LogP contribution is -2.60. The van der Waals surface area contributed by atoms with Gasteiger partial charge in [0.1, 0.15) is 6.04 Å². The standard InChI is InChI=1S/C23H27N5O2S/c29-21(27-15-13-26(14-16-27)19-9-5-2-6-10-19)17-20-22(30)24-11-12-28(20)23(31)25-18-7-3-1-4-8-18/h1-10,20H,11-17H2,(H,24,30)(H,25,31). The molecule has 0 aromatic heterocycles. The van der Waals surface area contributed by atoms with Crippen molar-refractivity contribution in [2.75, 3.05) is 49.5 Å². The average Bonchev–Trinajstić information content (AvgIpc) is 2.81. The van der Waals surface area contributed by atoms with Crippen molar-refractivity contribution in [1.29, 1.82) is 0 Å². The van der Waals surface area contributed by atoms with Crippen LogP contribution in [0.5, 0.6) is 0 Å². The Morgan fingerprint density at radius 2 is 1.61 bits per heavy atom. The van der Waals surface area contributed by atoms with Crippen LogP contribution in [0.15, 0.2) is 60.7 Å². The van der Waals surface area contributed by atoms with Gasteiger partial charge in [-0.2, -0.15) is 0 Å². The fourth-order valence-corrected chi connectivity index (χ4v) is 4.36. The number of carbonyl (C=O) groups is 2. The van der Waals surface area contributed by atoms with Crippen LogP contribution in [0.25, 0.3) is 0 Å². The highest BCUT2D eigenvalue weighted by Gasteiger charge is 2.35. The number of nitrogens with zero attached hydrogens (tertiary/aromatic N) is 3. The first-order chi connectivity index (χ1) is 15.1. The second-order valence-electron chi connectivity index (χ2n) is 7.70. The summed E-state index contributed by atoms with van der Waals surface area (Å²) in [5.74, 6) is -0.165. The number of carbonyl (C=O) groups excluding carboxylic acids is 2. The summed E-state index contributed by atoms with van der Waals surface area (Å²) >= 11 is 5.57. The Kier molecular flexibility index (Phi) is 6.66. The van der Waals surface area contributed by atoms with E-state index in [1.807, 2.05) is 58.3 Å². The normalized spacial score (nSPS) is 19.0. The Bertz CT molecular complexity index is 916. The molecule has 162 valence electrons. The summed E-state index contributed by atoms with van der Waals surface area (Å²) in [5, 5.41) is 6.52. The van der Waals surface area contributed by atoms with Gasteiger partial charge in [0.2, 0.25) is 11.8 Å². The number of piperazine rings is 2. The number of rotatable bonds is 4. The summed E-state index contributed by atoms with van der Waals surface area (Å²) in [6.07, 6.45) is 0.119. The second kappa shape index (κ2) is 9.78. The lowest BCUT2D eigenvalue weighted by atomic mass is 10.1. The summed E-state index contributed by atoms with van der Waals surface area (Å²) in [4.78, 5) is 31.6. The summed E-state index contributed by atoms with van der Waals surface area (Å²) in [6.45, 7) is 3.94. The maximum absolute atomic E-state index is 13.0. The molecule has 0 bridgehead atoms. The van der Waals surface area contributed by atoms with Crippen molar-refractivity contribution < 1.29 is 9.59 Å². The fourth-order valence-electron chi connectivity index (χ4n) is 4.02. The zero-order chi connectivity index (χ0) is 21.6. The number of hydrogen-bond acceptors (Lipinski definition) is 4. The molecule has 0 spiro atoms. The molecule has 2 aromatic rings. The highest BCUT2D eigenvalue weighted by molar-refractivity contribution is 7.80. The molecule has 1 unspecified atom stereocenters. The van der Waals surface area contributed by atoms with E-state index in [9.17, 15) is 9.59 Å². The first-order valence-corrected chi connectivity index (χ1v) is 11.0. The number of nitrogens with one attached hydrogen (secondary N) is 2. The SMILES string of the molecule is O=C1NCCN(C(=S)Nc2ccccc2)C1CC(=O)N1CCN(c2ccccc2)CC1. The third-order valence-electron chi connectivity index (χ3n) is 5.74. The molecule has 7 nitrogen and oxygen atoms in total. The van der Waals surface area contributed by atoms with Crippen LogP contribution < -0.4 is 15.5 Å². The molecule has 31 heavy (non-hydrogen) atoms. The second-order valence-corrected chi connectivity index (χ2v) is 8.09. The highest BCUT2D eigenvalue weighted by atomic mass is 32.1. The predicted molar refractivity (Wildman–Crippen MR) is 126 cm³/mol. The molecule has 2 aliphatic rings. The van der Waals surface area contributed by atoms with Crippen molar-refractivity contribution in [2.45, 2.75) is 12.5 Å². The van der Waals surface area contributed by atoms with E-state index in [1.54, 1.807) is 0 Å². The van der Waals surface area contributed by atoms with Crippen LogP contribution in [0.2, 0.25) is 0 Å². The minimum atomic E-state index is -0.600. The molecule has 8 heteroatoms. The van der Waals surface area contributed by atoms with Crippen molar-refractivity contribution in [2.24, 2.45) is 0 Å². The van der Waals surface area contributed by atoms with Crippen molar-refractivity contribution >= 4 is 40.5 Å². The van der Waals surface area contributed by atoms with Crippen LogP contribution in [0, 0.1) is 0 Å². The Hall–Kier alpha value is -3.13. The summed E-state index contributed by atoms with van der Waals surface area (Å²) < 4.78 is 0. The van der Waals surface area contributed by atoms with E-state index in [1.165, 1.54) is 5.69 Å². The molecule has 0 aliphatic carbocycles. The summed E-state index contributed by atoms with van der Waals surface area (Å²) in [7, 11) is 0. The highest BCUT2D eigenvalue weighted by Crippen LogP contribution is 2.18. The van der Waals surface area contributed by atoms with Crippen LogP contribution in [0.1, 0.15) is 6.42 Å². The number of benzene rings is 2. The third-order valence-corrected chi connectivity index (χ3v) is 6.07. The quantitative estimate of drug-likeness (QED) is 0.713. The van der Waals surface area contributed by atoms with Gasteiger partial charge in [0.25, 0.3) is 0 Å². The molecule has 2 amide bonds. The molecule has 1 atom stereocenters. The van der Waals surface area contributed by atoms with Gasteiger partial charge in [-0.05, 0) is 36.5 Å². The van der Waals surface area contributed by atoms with E-state index in [2.05, 4.69) is 27.7 Å². The number of anilines is 2. The molecular formula is C23H27N5O2S. The largest absolute Gasteiger partial charge is 0.368 e. The zero-order valence-electron chi connectivity index (χ0n) is 17.4. The van der Waals surface area contributed by atoms with Gasteiger partial charge in [-0.3, -0.25) is 9.59 Å². The molecule has 0 radical (unpaired) electrons. The molecule has 2 N–H and O–H groups in total. The van der Waals surface area contributed by atoms with Gasteiger partial charge >= 0.3 is 0 Å². The molecule has 2 aliphatic heterocycles. The van der Waals surface area contributed by atoms with Crippen LogP contribution >= 0.6 is 12.2 Å². The number of thiocarbonyl (C=S) groups is 1. The number of para-hydroxylation sites is 2. The van der Waals surface area contributed by atoms with Crippen molar-refractivity contribution in [3.63, 3.8) is 0 Å². The van der Waals surface area contributed by atoms with Crippen LogP contribution in [-0.2, 0) is 9.59 Å². The van der Waals surface area contributed by atoms with Gasteiger partial charge in [-0.25, -0.2) is 0 Å². The maximum atomic E-state index is 13.0. The molecule has 4 rings (SSSR count). The first-order valence-electron chi connectivity index (χ1n) is 10.6. The monoisotopic (exact) mass is 437 g/mol. The van der Waals surface area contributed by atoms with Crippen molar-refractivity contribution in [1.82, 2.24) is 15.1 Å². The van der Waals surface area contributed by atoms with E-state index in [4.69, 9.17) is 12.2 Å². The van der Waals surface area contributed by atoms with Crippen LogP contribution in [0.4, 0.5) is 11.4 Å². The first kappa shape index (κ1) is 21.1. The van der Waals surface area contributed by atoms with Crippen LogP contribution in [0.3, 0.4) is 0 Å². The molecule has 0 saturated carbocycles. The Labute approximate surface area is 188 Å². The Morgan fingerprint density at radius 1 is 0.968 bits per heavy atom. The Morgan fingerprint density at radius 3 is 2.29 bits per heavy atom. The van der Waals surface area contributed by atoms with E-state index in [0.29, 0.717) is 31.3 Å². The number of amides is 2. The van der Waals surface area contributed by atoms with E-state index in [0.717, 1.165) is 18.8 Å². The van der Waals surface area contributed by atoms with E-state index < -0.39 is 6.04 Å². The van der Waals surface area contributed by atoms with Gasteiger partial charge in [0.05, 0.1) is 6.42 Å². The lowest BCUT2D eigenvalue weighted by molar-refractivity contribution is -0.137. The smallest absolute Gasteiger partial charge is 0.243 e. The van der Waals surface area contributed by atoms with Crippen LogP contribution in [-0.4, -0.2) is 72.0 Å².